The van der Waals surface area contributed by atoms with Gasteiger partial charge in [-0.3, -0.25) is 4.98 Å². The highest BCUT2D eigenvalue weighted by Crippen LogP contribution is 1.97. The third-order valence-electron chi connectivity index (χ3n) is 0.347. The summed E-state index contributed by atoms with van der Waals surface area (Å²) in [5.74, 6) is 0. The third-order valence-corrected chi connectivity index (χ3v) is 0.869. The molecule has 1 aromatic heterocycles. The summed E-state index contributed by atoms with van der Waals surface area (Å²) in [6.07, 6.45) is 1.77. The first-order chi connectivity index (χ1) is 4.23. The quantitative estimate of drug-likeness (QED) is 0.610. The zero-order valence-electron chi connectivity index (χ0n) is 4.30. The van der Waals surface area contributed by atoms with Crippen molar-refractivity contribution in [2.45, 2.75) is 0 Å². The number of hydrogen-bond acceptors (Lipinski definition) is 2. The molecule has 0 bridgehead atoms. The minimum atomic E-state index is -1.72. The van der Waals surface area contributed by atoms with E-state index < -0.39 is 11.4 Å². The number of halogens is 3. The molecule has 0 spiro atoms. The van der Waals surface area contributed by atoms with E-state index in [1.54, 1.807) is 23.0 Å². The minimum absolute atomic E-state index is 1.60. The molecule has 1 heterocycles. The molecule has 0 aliphatic heterocycles. The Morgan fingerprint density at radius 3 is 2.00 bits per heavy atom. The summed E-state index contributed by atoms with van der Waals surface area (Å²) < 4.78 is 0. The molecule has 0 unspecified atom stereocenters. The molecule has 0 N–H and O–H groups in total. The van der Waals surface area contributed by atoms with Crippen LogP contribution in [0.15, 0.2) is 17.1 Å². The van der Waals surface area contributed by atoms with Crippen LogP contribution in [0, 0.1) is 0 Å². The lowest BCUT2D eigenvalue weighted by atomic mass is 11.0. The van der Waals surface area contributed by atoms with Crippen molar-refractivity contribution in [3.8, 4) is 0 Å². The fourth-order valence-electron chi connectivity index (χ4n) is 0.176. The highest BCUT2D eigenvalue weighted by Gasteiger charge is 2.00. The second-order valence-electron chi connectivity index (χ2n) is 0.923. The van der Waals surface area contributed by atoms with Gasteiger partial charge in [-0.2, -0.15) is 0 Å². The van der Waals surface area contributed by atoms with Crippen LogP contribution in [-0.2, 0) is 0 Å². The minimum Gasteiger partial charge on any atom is -0.253 e. The van der Waals surface area contributed by atoms with Gasteiger partial charge in [0.2, 0.25) is 0 Å². The van der Waals surface area contributed by atoms with Crippen molar-refractivity contribution in [1.82, 2.24) is 4.98 Å². The molecule has 50 valence electrons. The number of aromatic nitrogens is 1. The molecular weight excluding hydrogens is 215 g/mol. The van der Waals surface area contributed by atoms with Gasteiger partial charge in [0.15, 0.2) is 0 Å². The van der Waals surface area contributed by atoms with Gasteiger partial charge in [-0.15, -0.1) is 11.3 Å². The van der Waals surface area contributed by atoms with E-state index in [2.05, 4.69) is 4.98 Å². The van der Waals surface area contributed by atoms with Crippen LogP contribution in [0.25, 0.3) is 0 Å². The van der Waals surface area contributed by atoms with E-state index in [0.29, 0.717) is 0 Å². The Hall–Kier alpha value is 1.03. The molecule has 0 radical (unpaired) electrons. The van der Waals surface area contributed by atoms with Crippen LogP contribution in [0.2, 0.25) is 0 Å². The van der Waals surface area contributed by atoms with E-state index in [1.165, 1.54) is 0 Å². The number of nitrogens with zero attached hydrogens (tertiary/aromatic N) is 1. The molecule has 6 heteroatoms. The Bertz CT molecular complexity index is 103. The number of thiazole rings is 1. The average molecular weight is 218 g/mol. The fourth-order valence-corrected chi connectivity index (χ4v) is 0.527. The molecule has 0 saturated heterocycles. The normalized spacial score (nSPS) is 7.44. The molecule has 0 amide bonds. The molecule has 0 aromatic carbocycles. The smallest absolute Gasteiger partial charge is 0.253 e. The van der Waals surface area contributed by atoms with E-state index >= 15 is 0 Å². The maximum Gasteiger partial charge on any atom is 0.643 e. The van der Waals surface area contributed by atoms with Gasteiger partial charge < -0.3 is 0 Å². The first-order valence-electron chi connectivity index (χ1n) is 1.98. The SMILES string of the molecule is [Cl][Al]([Cl])[Cl].c1cscn1. The van der Waals surface area contributed by atoms with Gasteiger partial charge in [0.05, 0.1) is 5.51 Å². The van der Waals surface area contributed by atoms with E-state index in [0.717, 1.165) is 0 Å². The van der Waals surface area contributed by atoms with E-state index in [1.807, 2.05) is 5.38 Å². The van der Waals surface area contributed by atoms with Crippen molar-refractivity contribution in [3.05, 3.63) is 17.1 Å². The van der Waals surface area contributed by atoms with Crippen LogP contribution in [0.1, 0.15) is 0 Å². The fraction of sp³-hybridized carbons (Fsp3) is 0. The predicted molar refractivity (Wildman–Crippen MR) is 45.4 cm³/mol. The molecule has 1 nitrogen and oxygen atoms in total. The van der Waals surface area contributed by atoms with Crippen molar-refractivity contribution < 1.29 is 0 Å². The molecular formula is C3H3AlCl3NS. The standard InChI is InChI=1S/C3H3NS.Al.3ClH/c1-2-5-3-4-1;;;;/h1-3H;;3*1H/q;+3;;;/p-3. The maximum absolute atomic E-state index is 4.94. The maximum atomic E-state index is 4.94. The van der Waals surface area contributed by atoms with Crippen LogP contribution in [0.5, 0.6) is 0 Å². The molecule has 1 rings (SSSR count). The Morgan fingerprint density at radius 1 is 1.33 bits per heavy atom. The highest BCUT2D eigenvalue weighted by atomic mass is 35.8. The Kier molecular flexibility index (Phi) is 7.96. The monoisotopic (exact) mass is 217 g/mol. The van der Waals surface area contributed by atoms with Crippen molar-refractivity contribution >= 4 is 52.9 Å². The van der Waals surface area contributed by atoms with Gasteiger partial charge in [0.1, 0.15) is 0 Å². The molecule has 9 heavy (non-hydrogen) atoms. The van der Waals surface area contributed by atoms with Crippen LogP contribution in [0.3, 0.4) is 0 Å². The zero-order valence-corrected chi connectivity index (χ0v) is 8.54. The van der Waals surface area contributed by atoms with Gasteiger partial charge in [0.25, 0.3) is 0 Å². The Labute approximate surface area is 74.6 Å². The largest absolute Gasteiger partial charge is 0.643 e. The summed E-state index contributed by atoms with van der Waals surface area (Å²) in [4.78, 5) is 3.74. The first kappa shape index (κ1) is 10.0. The van der Waals surface area contributed by atoms with Crippen molar-refractivity contribution in [1.29, 1.82) is 0 Å². The van der Waals surface area contributed by atoms with Gasteiger partial charge in [-0.1, -0.05) is 0 Å². The van der Waals surface area contributed by atoms with E-state index in [9.17, 15) is 0 Å². The number of rotatable bonds is 0. The molecule has 1 aromatic rings. The predicted octanol–water partition coefficient (Wildman–Crippen LogP) is 2.83. The van der Waals surface area contributed by atoms with Crippen molar-refractivity contribution in [2.75, 3.05) is 0 Å². The second kappa shape index (κ2) is 7.14. The van der Waals surface area contributed by atoms with Crippen LogP contribution >= 0.6 is 41.5 Å². The summed E-state index contributed by atoms with van der Waals surface area (Å²) in [6, 6.07) is 0. The first-order valence-corrected chi connectivity index (χ1v) is 8.16. The summed E-state index contributed by atoms with van der Waals surface area (Å²) >= 11 is -0.120. The lowest BCUT2D eigenvalue weighted by Crippen LogP contribution is -1.66. The Balaban J connectivity index is 0.000000148. The molecule has 0 atom stereocenters. The molecule has 0 saturated carbocycles. The summed E-state index contributed by atoms with van der Waals surface area (Å²) in [5, 5.41) is 1.93. The molecule has 0 aliphatic rings. The third kappa shape index (κ3) is 12.3. The van der Waals surface area contributed by atoms with Crippen LogP contribution < -0.4 is 0 Å². The second-order valence-corrected chi connectivity index (χ2v) is 8.11. The van der Waals surface area contributed by atoms with Gasteiger partial charge in [-0.05, 0) is 0 Å². The van der Waals surface area contributed by atoms with Crippen molar-refractivity contribution in [2.24, 2.45) is 0 Å². The van der Waals surface area contributed by atoms with Crippen molar-refractivity contribution in [3.63, 3.8) is 0 Å². The lowest BCUT2D eigenvalue weighted by molar-refractivity contribution is 1.43. The van der Waals surface area contributed by atoms with Crippen LogP contribution in [-0.4, -0.2) is 16.4 Å². The summed E-state index contributed by atoms with van der Waals surface area (Å²) in [7, 11) is 14.8. The highest BCUT2D eigenvalue weighted by molar-refractivity contribution is 7.54. The van der Waals surface area contributed by atoms with Gasteiger partial charge in [0, 0.05) is 11.6 Å². The van der Waals surface area contributed by atoms with Crippen LogP contribution in [0.4, 0.5) is 0 Å². The zero-order chi connectivity index (χ0) is 7.11. The summed E-state index contributed by atoms with van der Waals surface area (Å²) in [5.41, 5.74) is 1.79. The van der Waals surface area contributed by atoms with Gasteiger partial charge >= 0.3 is 11.4 Å². The van der Waals surface area contributed by atoms with Gasteiger partial charge in [-0.25, -0.2) is 30.1 Å². The average Bonchev–Trinajstić information content (AvgIpc) is 2.11. The van der Waals surface area contributed by atoms with E-state index in [4.69, 9.17) is 30.1 Å². The molecule has 0 aliphatic carbocycles. The topological polar surface area (TPSA) is 12.9 Å². The lowest BCUT2D eigenvalue weighted by Gasteiger charge is -1.57. The number of hydrogen-bond donors (Lipinski definition) is 0. The Morgan fingerprint density at radius 2 is 1.89 bits per heavy atom. The van der Waals surface area contributed by atoms with E-state index in [-0.39, 0.29) is 0 Å². The molecule has 0 fully saturated rings. The summed E-state index contributed by atoms with van der Waals surface area (Å²) in [6.45, 7) is 0.